The van der Waals surface area contributed by atoms with Crippen molar-refractivity contribution < 1.29 is 17.6 Å². The van der Waals surface area contributed by atoms with Crippen LogP contribution >= 0.6 is 11.6 Å². The SMILES string of the molecule is Cc1cccc(-c2nc(S(=O)(=O)c3ccc(Cl)cc3)c(NCCCN3CCOCC3)o2)c1. The van der Waals surface area contributed by atoms with Crippen LogP contribution in [0.15, 0.2) is 62.9 Å². The molecule has 0 atom stereocenters. The second kappa shape index (κ2) is 10.0. The average Bonchev–Trinajstić information content (AvgIpc) is 3.23. The summed E-state index contributed by atoms with van der Waals surface area (Å²) in [4.78, 5) is 6.83. The Bertz CT molecular complexity index is 1160. The molecule has 7 nitrogen and oxygen atoms in total. The number of anilines is 1. The third kappa shape index (κ3) is 5.32. The molecule has 1 aliphatic rings. The van der Waals surface area contributed by atoms with Crippen LogP contribution in [0.3, 0.4) is 0 Å². The van der Waals surface area contributed by atoms with Crippen LogP contribution in [0, 0.1) is 6.92 Å². The van der Waals surface area contributed by atoms with E-state index in [1.54, 1.807) is 12.1 Å². The van der Waals surface area contributed by atoms with Crippen LogP contribution in [-0.4, -0.2) is 57.7 Å². The number of rotatable bonds is 8. The Labute approximate surface area is 193 Å². The minimum absolute atomic E-state index is 0.113. The van der Waals surface area contributed by atoms with Gasteiger partial charge in [-0.1, -0.05) is 29.3 Å². The van der Waals surface area contributed by atoms with E-state index in [1.807, 2.05) is 31.2 Å². The number of ether oxygens (including phenoxy) is 1. The Morgan fingerprint density at radius 1 is 1.12 bits per heavy atom. The van der Waals surface area contributed by atoms with Crippen LogP contribution in [-0.2, 0) is 14.6 Å². The highest BCUT2D eigenvalue weighted by atomic mass is 35.5. The van der Waals surface area contributed by atoms with E-state index in [-0.39, 0.29) is 21.7 Å². The fourth-order valence-electron chi connectivity index (χ4n) is 3.56. The number of oxazole rings is 1. The maximum absolute atomic E-state index is 13.3. The number of aromatic nitrogens is 1. The van der Waals surface area contributed by atoms with Gasteiger partial charge < -0.3 is 14.5 Å². The van der Waals surface area contributed by atoms with E-state index in [4.69, 9.17) is 20.8 Å². The van der Waals surface area contributed by atoms with Gasteiger partial charge in [-0.05, 0) is 56.3 Å². The Morgan fingerprint density at radius 2 is 1.88 bits per heavy atom. The number of morpholine rings is 1. The predicted molar refractivity (Wildman–Crippen MR) is 124 cm³/mol. The van der Waals surface area contributed by atoms with Crippen LogP contribution in [0.4, 0.5) is 5.88 Å². The molecule has 0 amide bonds. The van der Waals surface area contributed by atoms with E-state index in [0.29, 0.717) is 11.6 Å². The molecule has 9 heteroatoms. The molecular formula is C23H26ClN3O4S. The van der Waals surface area contributed by atoms with Gasteiger partial charge in [0.1, 0.15) is 0 Å². The molecule has 0 unspecified atom stereocenters. The number of hydrogen-bond acceptors (Lipinski definition) is 7. The third-order valence-corrected chi connectivity index (χ3v) is 7.21. The van der Waals surface area contributed by atoms with Gasteiger partial charge in [0.25, 0.3) is 0 Å². The van der Waals surface area contributed by atoms with E-state index in [2.05, 4.69) is 15.2 Å². The number of aryl methyl sites for hydroxylation is 1. The lowest BCUT2D eigenvalue weighted by Crippen LogP contribution is -2.37. The minimum Gasteiger partial charge on any atom is -0.419 e. The molecule has 0 bridgehead atoms. The van der Waals surface area contributed by atoms with Crippen molar-refractivity contribution in [3.05, 3.63) is 59.1 Å². The summed E-state index contributed by atoms with van der Waals surface area (Å²) in [5.41, 5.74) is 1.75. The lowest BCUT2D eigenvalue weighted by atomic mass is 10.1. The summed E-state index contributed by atoms with van der Waals surface area (Å²) in [6, 6.07) is 13.6. The highest BCUT2D eigenvalue weighted by Gasteiger charge is 2.28. The number of sulfone groups is 1. The predicted octanol–water partition coefficient (Wildman–Crippen LogP) is 4.27. The van der Waals surface area contributed by atoms with Gasteiger partial charge in [-0.3, -0.25) is 4.90 Å². The first-order chi connectivity index (χ1) is 15.4. The van der Waals surface area contributed by atoms with Gasteiger partial charge in [-0.25, -0.2) is 8.42 Å². The molecule has 170 valence electrons. The number of hydrogen-bond donors (Lipinski definition) is 1. The summed E-state index contributed by atoms with van der Waals surface area (Å²) in [5.74, 6) is 0.412. The molecule has 0 aliphatic carbocycles. The summed E-state index contributed by atoms with van der Waals surface area (Å²) in [6.07, 6.45) is 0.834. The molecule has 32 heavy (non-hydrogen) atoms. The molecule has 3 aromatic rings. The Kier molecular flexibility index (Phi) is 7.15. The largest absolute Gasteiger partial charge is 0.419 e. The van der Waals surface area contributed by atoms with E-state index in [0.717, 1.165) is 50.4 Å². The van der Waals surface area contributed by atoms with Gasteiger partial charge in [0.15, 0.2) is 0 Å². The van der Waals surface area contributed by atoms with Crippen LogP contribution in [0.5, 0.6) is 0 Å². The summed E-state index contributed by atoms with van der Waals surface area (Å²) in [5, 5.41) is 3.49. The van der Waals surface area contributed by atoms with Crippen molar-refractivity contribution in [2.45, 2.75) is 23.3 Å². The fourth-order valence-corrected chi connectivity index (χ4v) is 4.96. The average molecular weight is 476 g/mol. The number of nitrogens with one attached hydrogen (secondary N) is 1. The molecule has 1 fully saturated rings. The number of nitrogens with zero attached hydrogens (tertiary/aromatic N) is 2. The molecular weight excluding hydrogens is 450 g/mol. The lowest BCUT2D eigenvalue weighted by molar-refractivity contribution is 0.0378. The first-order valence-corrected chi connectivity index (χ1v) is 12.4. The molecule has 0 radical (unpaired) electrons. The monoisotopic (exact) mass is 475 g/mol. The maximum atomic E-state index is 13.3. The Morgan fingerprint density at radius 3 is 2.59 bits per heavy atom. The molecule has 2 heterocycles. The normalized spacial score (nSPS) is 15.1. The standard InChI is InChI=1S/C23H26ClN3O4S/c1-17-4-2-5-18(16-17)21-26-23(32(28,29)20-8-6-19(24)7-9-20)22(31-21)25-10-3-11-27-12-14-30-15-13-27/h2,4-9,16,25H,3,10-15H2,1H3. The summed E-state index contributed by atoms with van der Waals surface area (Å²) in [6.45, 7) is 6.74. The van der Waals surface area contributed by atoms with Crippen molar-refractivity contribution in [2.75, 3.05) is 44.7 Å². The zero-order chi connectivity index (χ0) is 22.6. The second-order valence-electron chi connectivity index (χ2n) is 7.71. The van der Waals surface area contributed by atoms with E-state index in [1.165, 1.54) is 12.1 Å². The van der Waals surface area contributed by atoms with Gasteiger partial charge >= 0.3 is 0 Å². The summed E-state index contributed by atoms with van der Waals surface area (Å²) >= 11 is 5.93. The van der Waals surface area contributed by atoms with Crippen molar-refractivity contribution in [2.24, 2.45) is 0 Å². The van der Waals surface area contributed by atoms with Crippen LogP contribution in [0.2, 0.25) is 5.02 Å². The van der Waals surface area contributed by atoms with Gasteiger partial charge in [0.05, 0.1) is 18.1 Å². The van der Waals surface area contributed by atoms with Gasteiger partial charge in [0, 0.05) is 30.2 Å². The maximum Gasteiger partial charge on any atom is 0.233 e. The molecule has 1 aliphatic heterocycles. The Balaban J connectivity index is 1.59. The van der Waals surface area contributed by atoms with Crippen molar-refractivity contribution in [3.8, 4) is 11.5 Å². The highest BCUT2D eigenvalue weighted by Crippen LogP contribution is 2.33. The quantitative estimate of drug-likeness (QED) is 0.487. The molecule has 1 aromatic heterocycles. The van der Waals surface area contributed by atoms with Crippen LogP contribution in [0.1, 0.15) is 12.0 Å². The molecule has 4 rings (SSSR count). The molecule has 0 spiro atoms. The summed E-state index contributed by atoms with van der Waals surface area (Å²) in [7, 11) is -3.89. The Hall–Kier alpha value is -2.39. The van der Waals surface area contributed by atoms with Crippen molar-refractivity contribution in [1.82, 2.24) is 9.88 Å². The molecule has 2 aromatic carbocycles. The lowest BCUT2D eigenvalue weighted by Gasteiger charge is -2.26. The third-order valence-electron chi connectivity index (χ3n) is 5.28. The highest BCUT2D eigenvalue weighted by molar-refractivity contribution is 7.91. The first kappa shape index (κ1) is 22.8. The van der Waals surface area contributed by atoms with Gasteiger partial charge in [-0.2, -0.15) is 4.98 Å². The minimum atomic E-state index is -3.89. The number of halogens is 1. The van der Waals surface area contributed by atoms with Crippen molar-refractivity contribution in [3.63, 3.8) is 0 Å². The van der Waals surface area contributed by atoms with Gasteiger partial charge in [0.2, 0.25) is 26.6 Å². The smallest absolute Gasteiger partial charge is 0.233 e. The zero-order valence-corrected chi connectivity index (χ0v) is 19.5. The fraction of sp³-hybridized carbons (Fsp3) is 0.348. The van der Waals surface area contributed by atoms with Crippen molar-refractivity contribution in [1.29, 1.82) is 0 Å². The first-order valence-electron chi connectivity index (χ1n) is 10.6. The molecule has 1 N–H and O–H groups in total. The summed E-state index contributed by atoms with van der Waals surface area (Å²) < 4.78 is 38.0. The van der Waals surface area contributed by atoms with Crippen LogP contribution < -0.4 is 5.32 Å². The van der Waals surface area contributed by atoms with E-state index >= 15 is 0 Å². The molecule has 1 saturated heterocycles. The van der Waals surface area contributed by atoms with Gasteiger partial charge in [-0.15, -0.1) is 0 Å². The molecule has 0 saturated carbocycles. The zero-order valence-electron chi connectivity index (χ0n) is 17.9. The van der Waals surface area contributed by atoms with E-state index in [9.17, 15) is 8.42 Å². The second-order valence-corrected chi connectivity index (χ2v) is 10.0. The van der Waals surface area contributed by atoms with Crippen LogP contribution in [0.25, 0.3) is 11.5 Å². The van der Waals surface area contributed by atoms with E-state index < -0.39 is 9.84 Å². The topological polar surface area (TPSA) is 84.7 Å². The number of benzene rings is 2. The van der Waals surface area contributed by atoms with Crippen molar-refractivity contribution >= 4 is 27.3 Å².